The van der Waals surface area contributed by atoms with Crippen molar-refractivity contribution in [3.8, 4) is 0 Å². The van der Waals surface area contributed by atoms with Crippen molar-refractivity contribution < 1.29 is 4.79 Å². The Labute approximate surface area is 124 Å². The summed E-state index contributed by atoms with van der Waals surface area (Å²) in [7, 11) is 3.87. The van der Waals surface area contributed by atoms with E-state index in [4.69, 9.17) is 23.2 Å². The van der Waals surface area contributed by atoms with E-state index in [9.17, 15) is 4.79 Å². The highest BCUT2D eigenvalue weighted by molar-refractivity contribution is 6.42. The molecular formula is C15H17Cl2NO. The summed E-state index contributed by atoms with van der Waals surface area (Å²) in [6.07, 6.45) is 4.68. The molecule has 1 saturated carbocycles. The van der Waals surface area contributed by atoms with Gasteiger partial charge in [-0.15, -0.1) is 0 Å². The summed E-state index contributed by atoms with van der Waals surface area (Å²) < 4.78 is 0. The minimum Gasteiger partial charge on any atom is -0.383 e. The Balaban J connectivity index is 2.29. The van der Waals surface area contributed by atoms with Gasteiger partial charge in [-0.05, 0) is 37.0 Å². The molecule has 0 radical (unpaired) electrons. The van der Waals surface area contributed by atoms with Gasteiger partial charge in [-0.1, -0.05) is 29.3 Å². The summed E-state index contributed by atoms with van der Waals surface area (Å²) in [5.74, 6) is 0.119. The molecule has 0 spiro atoms. The van der Waals surface area contributed by atoms with Crippen LogP contribution in [0.5, 0.6) is 0 Å². The zero-order valence-corrected chi connectivity index (χ0v) is 12.6. The molecule has 1 aromatic carbocycles. The first-order valence-corrected chi connectivity index (χ1v) is 7.11. The van der Waals surface area contributed by atoms with Gasteiger partial charge >= 0.3 is 0 Å². The van der Waals surface area contributed by atoms with Crippen molar-refractivity contribution in [2.24, 2.45) is 0 Å². The zero-order valence-electron chi connectivity index (χ0n) is 11.1. The predicted molar refractivity (Wildman–Crippen MR) is 79.8 cm³/mol. The molecule has 2 rings (SSSR count). The maximum Gasteiger partial charge on any atom is 0.167 e. The van der Waals surface area contributed by atoms with Gasteiger partial charge in [0, 0.05) is 31.8 Å². The number of allylic oxidation sites excluding steroid dienone is 1. The second-order valence-electron chi connectivity index (χ2n) is 5.10. The van der Waals surface area contributed by atoms with Crippen molar-refractivity contribution in [1.29, 1.82) is 0 Å². The predicted octanol–water partition coefficient (Wildman–Crippen LogP) is 4.28. The third kappa shape index (κ3) is 3.31. The molecule has 0 saturated heterocycles. The van der Waals surface area contributed by atoms with Crippen LogP contribution < -0.4 is 0 Å². The monoisotopic (exact) mass is 297 g/mol. The average molecular weight is 298 g/mol. The van der Waals surface area contributed by atoms with E-state index in [1.165, 1.54) is 0 Å². The summed E-state index contributed by atoms with van der Waals surface area (Å²) >= 11 is 12.0. The first-order valence-electron chi connectivity index (χ1n) is 6.35. The highest BCUT2D eigenvalue weighted by atomic mass is 35.5. The third-order valence-electron chi connectivity index (χ3n) is 3.33. The van der Waals surface area contributed by atoms with Crippen molar-refractivity contribution in [3.05, 3.63) is 45.6 Å². The molecule has 1 aliphatic rings. The zero-order chi connectivity index (χ0) is 14.0. The van der Waals surface area contributed by atoms with Crippen LogP contribution in [-0.4, -0.2) is 24.8 Å². The van der Waals surface area contributed by atoms with Crippen molar-refractivity contribution in [3.63, 3.8) is 0 Å². The van der Waals surface area contributed by atoms with Crippen LogP contribution in [-0.2, 0) is 4.79 Å². The Morgan fingerprint density at radius 1 is 1.26 bits per heavy atom. The molecular weight excluding hydrogens is 281 g/mol. The number of carbonyl (C=O) groups is 1. The summed E-state index contributed by atoms with van der Waals surface area (Å²) in [6.45, 7) is 0. The van der Waals surface area contributed by atoms with E-state index in [-0.39, 0.29) is 11.7 Å². The second-order valence-corrected chi connectivity index (χ2v) is 5.91. The minimum absolute atomic E-state index is 0.0882. The number of rotatable bonds is 2. The Morgan fingerprint density at radius 2 is 2.00 bits per heavy atom. The summed E-state index contributed by atoms with van der Waals surface area (Å²) in [4.78, 5) is 14.4. The van der Waals surface area contributed by atoms with Gasteiger partial charge in [0.05, 0.1) is 10.0 Å². The molecule has 1 atom stereocenters. The van der Waals surface area contributed by atoms with Gasteiger partial charge in [0.2, 0.25) is 0 Å². The molecule has 2 nitrogen and oxygen atoms in total. The highest BCUT2D eigenvalue weighted by Crippen LogP contribution is 2.35. The molecule has 0 bridgehead atoms. The van der Waals surface area contributed by atoms with Gasteiger partial charge in [0.1, 0.15) is 0 Å². The number of halogens is 2. The lowest BCUT2D eigenvalue weighted by Gasteiger charge is -2.24. The number of Topliss-reactive ketones (excluding diaryl/α,β-unsaturated/α-hetero) is 1. The molecule has 0 heterocycles. The number of nitrogens with zero attached hydrogens (tertiary/aromatic N) is 1. The maximum atomic E-state index is 12.5. The Bertz CT molecular complexity index is 523. The maximum absolute atomic E-state index is 12.5. The lowest BCUT2D eigenvalue weighted by atomic mass is 9.80. The fourth-order valence-electron chi connectivity index (χ4n) is 2.46. The van der Waals surface area contributed by atoms with Crippen molar-refractivity contribution >= 4 is 29.0 Å². The van der Waals surface area contributed by atoms with Crippen LogP contribution in [0.2, 0.25) is 10.0 Å². The molecule has 0 aromatic heterocycles. The minimum atomic E-state index is -0.0882. The second kappa shape index (κ2) is 5.98. The van der Waals surface area contributed by atoms with Gasteiger partial charge < -0.3 is 4.90 Å². The SMILES string of the molecule is CN(C)C=C1CCCC(c2ccc(Cl)c(Cl)c2)C1=O. The van der Waals surface area contributed by atoms with Gasteiger partial charge in [0.25, 0.3) is 0 Å². The quantitative estimate of drug-likeness (QED) is 0.760. The van der Waals surface area contributed by atoms with E-state index >= 15 is 0 Å². The molecule has 0 aliphatic heterocycles. The molecule has 19 heavy (non-hydrogen) atoms. The lowest BCUT2D eigenvalue weighted by molar-refractivity contribution is -0.118. The number of carbonyl (C=O) groups excluding carboxylic acids is 1. The number of hydrogen-bond donors (Lipinski definition) is 0. The third-order valence-corrected chi connectivity index (χ3v) is 4.07. The van der Waals surface area contributed by atoms with E-state index in [1.54, 1.807) is 6.07 Å². The van der Waals surface area contributed by atoms with Gasteiger partial charge in [-0.25, -0.2) is 0 Å². The molecule has 0 amide bonds. The molecule has 0 N–H and O–H groups in total. The van der Waals surface area contributed by atoms with Crippen LogP contribution in [0, 0.1) is 0 Å². The van der Waals surface area contributed by atoms with Crippen LogP contribution in [0.4, 0.5) is 0 Å². The standard InChI is InChI=1S/C15H17Cl2NO/c1-18(2)9-11-4-3-5-12(15(11)19)10-6-7-13(16)14(17)8-10/h6-9,12H,3-5H2,1-2H3. The number of ketones is 1. The van der Waals surface area contributed by atoms with E-state index < -0.39 is 0 Å². The molecule has 1 fully saturated rings. The van der Waals surface area contributed by atoms with E-state index in [0.717, 1.165) is 30.4 Å². The van der Waals surface area contributed by atoms with Crippen LogP contribution in [0.1, 0.15) is 30.7 Å². The first kappa shape index (κ1) is 14.4. The van der Waals surface area contributed by atoms with Crippen LogP contribution in [0.3, 0.4) is 0 Å². The summed E-state index contributed by atoms with van der Waals surface area (Å²) in [5, 5.41) is 1.04. The highest BCUT2D eigenvalue weighted by Gasteiger charge is 2.28. The average Bonchev–Trinajstić information content (AvgIpc) is 2.35. The van der Waals surface area contributed by atoms with Crippen LogP contribution >= 0.6 is 23.2 Å². The fraction of sp³-hybridized carbons (Fsp3) is 0.400. The van der Waals surface area contributed by atoms with Crippen molar-refractivity contribution in [2.75, 3.05) is 14.1 Å². The molecule has 1 unspecified atom stereocenters. The summed E-state index contributed by atoms with van der Waals surface area (Å²) in [5.41, 5.74) is 1.86. The molecule has 1 aromatic rings. The van der Waals surface area contributed by atoms with E-state index in [0.29, 0.717) is 10.0 Å². The largest absolute Gasteiger partial charge is 0.383 e. The van der Waals surface area contributed by atoms with Crippen LogP contribution in [0.25, 0.3) is 0 Å². The Kier molecular flexibility index (Phi) is 4.54. The topological polar surface area (TPSA) is 20.3 Å². The molecule has 1 aliphatic carbocycles. The van der Waals surface area contributed by atoms with Gasteiger partial charge in [0.15, 0.2) is 5.78 Å². The lowest BCUT2D eigenvalue weighted by Crippen LogP contribution is -2.21. The smallest absolute Gasteiger partial charge is 0.167 e. The van der Waals surface area contributed by atoms with Gasteiger partial charge in [-0.2, -0.15) is 0 Å². The first-order chi connectivity index (χ1) is 8.99. The summed E-state index contributed by atoms with van der Waals surface area (Å²) in [6, 6.07) is 5.47. The normalized spacial score (nSPS) is 21.8. The van der Waals surface area contributed by atoms with Gasteiger partial charge in [-0.3, -0.25) is 4.79 Å². The molecule has 102 valence electrons. The van der Waals surface area contributed by atoms with E-state index in [1.807, 2.05) is 37.3 Å². The molecule has 4 heteroatoms. The van der Waals surface area contributed by atoms with Crippen molar-refractivity contribution in [2.45, 2.75) is 25.2 Å². The number of hydrogen-bond acceptors (Lipinski definition) is 2. The Morgan fingerprint density at radius 3 is 2.63 bits per heavy atom. The van der Waals surface area contributed by atoms with Crippen molar-refractivity contribution in [1.82, 2.24) is 4.90 Å². The Hall–Kier alpha value is -0.990. The fourth-order valence-corrected chi connectivity index (χ4v) is 2.77. The van der Waals surface area contributed by atoms with E-state index in [2.05, 4.69) is 0 Å². The van der Waals surface area contributed by atoms with Crippen LogP contribution in [0.15, 0.2) is 30.0 Å². The number of benzene rings is 1.